The van der Waals surface area contributed by atoms with E-state index >= 15 is 0 Å². The third-order valence-corrected chi connectivity index (χ3v) is 6.23. The van der Waals surface area contributed by atoms with Crippen LogP contribution < -0.4 is 0 Å². The summed E-state index contributed by atoms with van der Waals surface area (Å²) in [5.74, 6) is -1.23. The number of halogens is 6. The normalized spacial score (nSPS) is 17.1. The number of benzene rings is 2. The molecule has 1 fully saturated rings. The fraction of sp³-hybridized carbons (Fsp3) is 0.400. The first-order valence-electron chi connectivity index (χ1n) is 10.9. The predicted octanol–water partition coefficient (Wildman–Crippen LogP) is 7.03. The molecule has 0 spiro atoms. The van der Waals surface area contributed by atoms with Gasteiger partial charge in [-0.15, -0.1) is 0 Å². The van der Waals surface area contributed by atoms with Gasteiger partial charge in [0.25, 0.3) is 0 Å². The number of alkyl halides is 6. The third-order valence-electron chi connectivity index (χ3n) is 6.23. The molecule has 1 aliphatic heterocycles. The predicted molar refractivity (Wildman–Crippen MR) is 114 cm³/mol. The Morgan fingerprint density at radius 3 is 2.18 bits per heavy atom. The van der Waals surface area contributed by atoms with Gasteiger partial charge in [-0.25, -0.2) is 0 Å². The van der Waals surface area contributed by atoms with Crippen molar-refractivity contribution >= 4 is 16.9 Å². The lowest BCUT2D eigenvalue weighted by molar-refractivity contribution is -0.144. The number of aromatic amines is 1. The van der Waals surface area contributed by atoms with Gasteiger partial charge in [0, 0.05) is 17.1 Å². The molecule has 3 nitrogen and oxygen atoms in total. The highest BCUT2D eigenvalue weighted by atomic mass is 19.4. The van der Waals surface area contributed by atoms with Gasteiger partial charge in [0.15, 0.2) is 0 Å². The summed E-state index contributed by atoms with van der Waals surface area (Å²) in [6.07, 6.45) is -8.71. The van der Waals surface area contributed by atoms with Crippen molar-refractivity contribution in [2.45, 2.75) is 51.4 Å². The standard InChI is InChI=1S/C25H23F6NO2/c1-13(2)19-12-32-22-4-3-14(8-17(19)22)9-18-20(24(26,27)28)10-15(11-21(18)25(29,30)31)7-16-5-6-34-23(16)33/h3-4,8,10-13,16,32H,5-7,9H2,1-2H3. The summed E-state index contributed by atoms with van der Waals surface area (Å²) >= 11 is 0. The fourth-order valence-electron chi connectivity index (χ4n) is 4.53. The quantitative estimate of drug-likeness (QED) is 0.313. The van der Waals surface area contributed by atoms with E-state index in [1.807, 2.05) is 13.8 Å². The van der Waals surface area contributed by atoms with Crippen LogP contribution >= 0.6 is 0 Å². The second-order valence-corrected chi connectivity index (χ2v) is 8.98. The summed E-state index contributed by atoms with van der Waals surface area (Å²) in [6, 6.07) is 6.32. The summed E-state index contributed by atoms with van der Waals surface area (Å²) in [5.41, 5.74) is -1.63. The Hall–Kier alpha value is -2.97. The summed E-state index contributed by atoms with van der Waals surface area (Å²) in [5, 5.41) is 0.769. The van der Waals surface area contributed by atoms with E-state index in [0.29, 0.717) is 5.56 Å². The number of fused-ring (bicyclic) bond motifs is 1. The van der Waals surface area contributed by atoms with E-state index in [1.54, 1.807) is 18.3 Å². The van der Waals surface area contributed by atoms with Gasteiger partial charge in [-0.2, -0.15) is 26.3 Å². The number of esters is 1. The zero-order valence-corrected chi connectivity index (χ0v) is 18.5. The smallest absolute Gasteiger partial charge is 0.416 e. The van der Waals surface area contributed by atoms with Crippen molar-refractivity contribution in [3.05, 3.63) is 69.9 Å². The van der Waals surface area contributed by atoms with Crippen LogP contribution in [0.1, 0.15) is 59.6 Å². The van der Waals surface area contributed by atoms with Crippen LogP contribution in [0.5, 0.6) is 0 Å². The van der Waals surface area contributed by atoms with Gasteiger partial charge >= 0.3 is 18.3 Å². The number of H-pyrrole nitrogens is 1. The van der Waals surface area contributed by atoms with Gasteiger partial charge in [-0.1, -0.05) is 19.9 Å². The number of carbonyl (C=O) groups excluding carboxylic acids is 1. The van der Waals surface area contributed by atoms with Gasteiger partial charge < -0.3 is 9.72 Å². The van der Waals surface area contributed by atoms with E-state index in [1.165, 1.54) is 6.07 Å². The molecule has 1 aromatic heterocycles. The highest BCUT2D eigenvalue weighted by Gasteiger charge is 2.41. The molecular weight excluding hydrogens is 460 g/mol. The Morgan fingerprint density at radius 2 is 1.65 bits per heavy atom. The first-order valence-corrected chi connectivity index (χ1v) is 10.9. The number of hydrogen-bond donors (Lipinski definition) is 1. The molecule has 1 unspecified atom stereocenters. The monoisotopic (exact) mass is 483 g/mol. The van der Waals surface area contributed by atoms with Crippen LogP contribution in [-0.2, 0) is 34.7 Å². The van der Waals surface area contributed by atoms with Crippen LogP contribution in [0.4, 0.5) is 26.3 Å². The van der Waals surface area contributed by atoms with Gasteiger partial charge in [0.05, 0.1) is 23.7 Å². The fourth-order valence-corrected chi connectivity index (χ4v) is 4.53. The minimum Gasteiger partial charge on any atom is -0.465 e. The lowest BCUT2D eigenvalue weighted by Gasteiger charge is -2.21. The molecular formula is C25H23F6NO2. The maximum absolute atomic E-state index is 14.0. The van der Waals surface area contributed by atoms with E-state index in [2.05, 4.69) is 4.98 Å². The summed E-state index contributed by atoms with van der Waals surface area (Å²) < 4.78 is 88.8. The first kappa shape index (κ1) is 24.2. The number of aromatic nitrogens is 1. The average Bonchev–Trinajstić information content (AvgIpc) is 3.33. The molecule has 182 valence electrons. The van der Waals surface area contributed by atoms with Gasteiger partial charge in [-0.05, 0) is 71.7 Å². The van der Waals surface area contributed by atoms with Crippen molar-refractivity contribution in [2.24, 2.45) is 5.92 Å². The lowest BCUT2D eigenvalue weighted by Crippen LogP contribution is -2.19. The minimum atomic E-state index is -5.00. The number of rotatable bonds is 5. The zero-order valence-electron chi connectivity index (χ0n) is 18.5. The van der Waals surface area contributed by atoms with Gasteiger partial charge in [-0.3, -0.25) is 4.79 Å². The van der Waals surface area contributed by atoms with Crippen LogP contribution in [0.25, 0.3) is 10.9 Å². The molecule has 1 N–H and O–H groups in total. The molecule has 34 heavy (non-hydrogen) atoms. The molecule has 0 bridgehead atoms. The molecule has 2 aromatic carbocycles. The number of cyclic esters (lactones) is 1. The number of nitrogens with one attached hydrogen (secondary N) is 1. The highest BCUT2D eigenvalue weighted by molar-refractivity contribution is 5.84. The topological polar surface area (TPSA) is 42.1 Å². The number of hydrogen-bond acceptors (Lipinski definition) is 2. The maximum atomic E-state index is 14.0. The Balaban J connectivity index is 1.82. The second-order valence-electron chi connectivity index (χ2n) is 8.98. The minimum absolute atomic E-state index is 0.111. The lowest BCUT2D eigenvalue weighted by atomic mass is 9.88. The van der Waals surface area contributed by atoms with Crippen molar-refractivity contribution in [2.75, 3.05) is 6.61 Å². The van der Waals surface area contributed by atoms with E-state index in [-0.39, 0.29) is 30.9 Å². The van der Waals surface area contributed by atoms with Gasteiger partial charge in [0.2, 0.25) is 0 Å². The highest BCUT2D eigenvalue weighted by Crippen LogP contribution is 2.42. The van der Waals surface area contributed by atoms with E-state index in [9.17, 15) is 31.1 Å². The van der Waals surface area contributed by atoms with Crippen molar-refractivity contribution in [3.8, 4) is 0 Å². The Labute approximate surface area is 192 Å². The van der Waals surface area contributed by atoms with Crippen molar-refractivity contribution < 1.29 is 35.9 Å². The van der Waals surface area contributed by atoms with Crippen molar-refractivity contribution in [1.82, 2.24) is 4.98 Å². The van der Waals surface area contributed by atoms with Gasteiger partial charge in [0.1, 0.15) is 0 Å². The molecule has 0 saturated carbocycles. The van der Waals surface area contributed by atoms with E-state index in [4.69, 9.17) is 4.74 Å². The van der Waals surface area contributed by atoms with E-state index < -0.39 is 47.4 Å². The van der Waals surface area contributed by atoms with Crippen LogP contribution in [0.2, 0.25) is 0 Å². The maximum Gasteiger partial charge on any atom is 0.416 e. The zero-order chi connectivity index (χ0) is 24.8. The van der Waals surface area contributed by atoms with Crippen molar-refractivity contribution in [1.29, 1.82) is 0 Å². The number of carbonyl (C=O) groups is 1. The molecule has 1 atom stereocenters. The summed E-state index contributed by atoms with van der Waals surface area (Å²) in [6.45, 7) is 4.02. The van der Waals surface area contributed by atoms with Crippen LogP contribution in [-0.4, -0.2) is 17.6 Å². The summed E-state index contributed by atoms with van der Waals surface area (Å²) in [4.78, 5) is 14.8. The molecule has 1 aliphatic rings. The van der Waals surface area contributed by atoms with E-state index in [0.717, 1.165) is 28.6 Å². The average molecular weight is 483 g/mol. The van der Waals surface area contributed by atoms with Crippen molar-refractivity contribution in [3.63, 3.8) is 0 Å². The third kappa shape index (κ3) is 4.79. The second kappa shape index (κ2) is 8.67. The van der Waals surface area contributed by atoms with Crippen LogP contribution in [0, 0.1) is 5.92 Å². The molecule has 0 amide bonds. The first-order chi connectivity index (χ1) is 15.8. The molecule has 3 aromatic rings. The largest absolute Gasteiger partial charge is 0.465 e. The Bertz CT molecular complexity index is 1190. The number of ether oxygens (including phenoxy) is 1. The van der Waals surface area contributed by atoms with Crippen LogP contribution in [0.15, 0.2) is 36.5 Å². The Morgan fingerprint density at radius 1 is 1.00 bits per heavy atom. The molecule has 2 heterocycles. The van der Waals surface area contributed by atoms with Crippen LogP contribution in [0.3, 0.4) is 0 Å². The summed E-state index contributed by atoms with van der Waals surface area (Å²) in [7, 11) is 0. The molecule has 1 saturated heterocycles. The molecule has 0 radical (unpaired) electrons. The molecule has 9 heteroatoms. The Kier molecular flexibility index (Phi) is 6.16. The SMILES string of the molecule is CC(C)c1c[nH]c2ccc(Cc3c(C(F)(F)F)cc(CC4CCOC4=O)cc3C(F)(F)F)cc12. The molecule has 0 aliphatic carbocycles. The molecule has 4 rings (SSSR count).